The van der Waals surface area contributed by atoms with Crippen molar-refractivity contribution in [3.8, 4) is 0 Å². The standard InChI is InChI=1S/C15H16FNO/c1-11-3-2-4-12(9-11)15(10-18)17-14-7-5-13(16)6-8-14/h2-9,15,17-18H,10H2,1H3. The quantitative estimate of drug-likeness (QED) is 0.866. The van der Waals surface area contributed by atoms with Crippen LogP contribution in [0, 0.1) is 12.7 Å². The second-order valence-electron chi connectivity index (χ2n) is 4.30. The Bertz CT molecular complexity index is 510. The van der Waals surface area contributed by atoms with Gasteiger partial charge in [0.15, 0.2) is 0 Å². The van der Waals surface area contributed by atoms with E-state index < -0.39 is 0 Å². The minimum absolute atomic E-state index is 0.0131. The lowest BCUT2D eigenvalue weighted by molar-refractivity contribution is 0.276. The molecular formula is C15H16FNO. The largest absolute Gasteiger partial charge is 0.394 e. The predicted octanol–water partition coefficient (Wildman–Crippen LogP) is 3.28. The van der Waals surface area contributed by atoms with Gasteiger partial charge in [0.25, 0.3) is 0 Å². The van der Waals surface area contributed by atoms with E-state index in [-0.39, 0.29) is 18.5 Å². The van der Waals surface area contributed by atoms with Crippen molar-refractivity contribution in [3.63, 3.8) is 0 Å². The normalized spacial score (nSPS) is 12.2. The molecule has 0 amide bonds. The molecule has 0 spiro atoms. The van der Waals surface area contributed by atoms with E-state index in [0.717, 1.165) is 16.8 Å². The summed E-state index contributed by atoms with van der Waals surface area (Å²) in [6, 6.07) is 13.9. The molecule has 0 bridgehead atoms. The van der Waals surface area contributed by atoms with E-state index in [9.17, 15) is 9.50 Å². The van der Waals surface area contributed by atoms with Crippen LogP contribution in [-0.2, 0) is 0 Å². The van der Waals surface area contributed by atoms with Gasteiger partial charge >= 0.3 is 0 Å². The number of hydrogen-bond acceptors (Lipinski definition) is 2. The number of rotatable bonds is 4. The van der Waals surface area contributed by atoms with Gasteiger partial charge in [-0.1, -0.05) is 29.8 Å². The molecule has 2 rings (SSSR count). The maximum Gasteiger partial charge on any atom is 0.123 e. The second-order valence-corrected chi connectivity index (χ2v) is 4.30. The molecule has 1 atom stereocenters. The number of hydrogen-bond donors (Lipinski definition) is 2. The summed E-state index contributed by atoms with van der Waals surface area (Å²) in [5, 5.41) is 12.6. The number of anilines is 1. The zero-order valence-corrected chi connectivity index (χ0v) is 10.2. The third kappa shape index (κ3) is 3.08. The topological polar surface area (TPSA) is 32.3 Å². The highest BCUT2D eigenvalue weighted by atomic mass is 19.1. The van der Waals surface area contributed by atoms with E-state index in [2.05, 4.69) is 5.32 Å². The molecule has 0 aliphatic rings. The summed E-state index contributed by atoms with van der Waals surface area (Å²) < 4.78 is 12.8. The number of nitrogens with one attached hydrogen (secondary N) is 1. The highest BCUT2D eigenvalue weighted by Gasteiger charge is 2.10. The molecule has 3 heteroatoms. The van der Waals surface area contributed by atoms with Gasteiger partial charge in [-0.25, -0.2) is 4.39 Å². The Kier molecular flexibility index (Phi) is 3.95. The first kappa shape index (κ1) is 12.6. The second kappa shape index (κ2) is 5.65. The minimum atomic E-state index is -0.267. The molecule has 0 aromatic heterocycles. The molecule has 0 radical (unpaired) electrons. The van der Waals surface area contributed by atoms with Gasteiger partial charge in [-0.05, 0) is 36.8 Å². The van der Waals surface area contributed by atoms with Gasteiger partial charge in [0, 0.05) is 5.69 Å². The van der Waals surface area contributed by atoms with Crippen LogP contribution in [0.5, 0.6) is 0 Å². The Morgan fingerprint density at radius 2 is 1.89 bits per heavy atom. The van der Waals surface area contributed by atoms with E-state index in [1.807, 2.05) is 31.2 Å². The molecule has 94 valence electrons. The molecule has 0 aliphatic carbocycles. The molecule has 0 fully saturated rings. The summed E-state index contributed by atoms with van der Waals surface area (Å²) in [4.78, 5) is 0. The molecular weight excluding hydrogens is 229 g/mol. The lowest BCUT2D eigenvalue weighted by atomic mass is 10.0. The Morgan fingerprint density at radius 3 is 2.50 bits per heavy atom. The zero-order valence-electron chi connectivity index (χ0n) is 10.2. The van der Waals surface area contributed by atoms with Crippen LogP contribution < -0.4 is 5.32 Å². The number of aliphatic hydroxyl groups is 1. The van der Waals surface area contributed by atoms with Crippen molar-refractivity contribution in [1.29, 1.82) is 0 Å². The summed E-state index contributed by atoms with van der Waals surface area (Å²) >= 11 is 0. The SMILES string of the molecule is Cc1cccc(C(CO)Nc2ccc(F)cc2)c1. The van der Waals surface area contributed by atoms with Gasteiger partial charge in [-0.3, -0.25) is 0 Å². The average molecular weight is 245 g/mol. The Morgan fingerprint density at radius 1 is 1.17 bits per heavy atom. The Balaban J connectivity index is 2.17. The fourth-order valence-electron chi connectivity index (χ4n) is 1.87. The van der Waals surface area contributed by atoms with Crippen molar-refractivity contribution < 1.29 is 9.50 Å². The summed E-state index contributed by atoms with van der Waals surface area (Å²) in [6.45, 7) is 2.00. The molecule has 1 unspecified atom stereocenters. The Labute approximate surface area is 106 Å². The molecule has 2 N–H and O–H groups in total. The summed E-state index contributed by atoms with van der Waals surface area (Å²) in [6.07, 6.45) is 0. The summed E-state index contributed by atoms with van der Waals surface area (Å²) in [5.74, 6) is -0.267. The molecule has 2 aromatic carbocycles. The van der Waals surface area contributed by atoms with Gasteiger partial charge in [0.1, 0.15) is 5.82 Å². The van der Waals surface area contributed by atoms with Crippen molar-refractivity contribution in [2.75, 3.05) is 11.9 Å². The molecule has 18 heavy (non-hydrogen) atoms. The van der Waals surface area contributed by atoms with Gasteiger partial charge < -0.3 is 10.4 Å². The molecule has 0 heterocycles. The maximum absolute atomic E-state index is 12.8. The van der Waals surface area contributed by atoms with Crippen molar-refractivity contribution >= 4 is 5.69 Å². The van der Waals surface area contributed by atoms with Crippen LogP contribution in [-0.4, -0.2) is 11.7 Å². The number of aliphatic hydroxyl groups excluding tert-OH is 1. The van der Waals surface area contributed by atoms with E-state index >= 15 is 0 Å². The lowest BCUT2D eigenvalue weighted by Crippen LogP contribution is -2.14. The van der Waals surface area contributed by atoms with Crippen LogP contribution in [0.15, 0.2) is 48.5 Å². The number of benzene rings is 2. The monoisotopic (exact) mass is 245 g/mol. The van der Waals surface area contributed by atoms with Crippen LogP contribution in [0.3, 0.4) is 0 Å². The average Bonchev–Trinajstić information content (AvgIpc) is 2.38. The maximum atomic E-state index is 12.8. The van der Waals surface area contributed by atoms with Crippen molar-refractivity contribution in [2.45, 2.75) is 13.0 Å². The van der Waals surface area contributed by atoms with Gasteiger partial charge in [0.05, 0.1) is 12.6 Å². The predicted molar refractivity (Wildman–Crippen MR) is 71.0 cm³/mol. The first-order chi connectivity index (χ1) is 8.69. The number of halogens is 1. The highest BCUT2D eigenvalue weighted by Crippen LogP contribution is 2.20. The van der Waals surface area contributed by atoms with E-state index in [1.165, 1.54) is 12.1 Å². The molecule has 0 saturated carbocycles. The molecule has 0 aliphatic heterocycles. The van der Waals surface area contributed by atoms with Crippen molar-refractivity contribution in [1.82, 2.24) is 0 Å². The summed E-state index contributed by atoms with van der Waals surface area (Å²) in [5.41, 5.74) is 2.95. The van der Waals surface area contributed by atoms with E-state index in [1.54, 1.807) is 12.1 Å². The fourth-order valence-corrected chi connectivity index (χ4v) is 1.87. The Hall–Kier alpha value is -1.87. The highest BCUT2D eigenvalue weighted by molar-refractivity contribution is 5.45. The van der Waals surface area contributed by atoms with Gasteiger partial charge in [-0.2, -0.15) is 0 Å². The van der Waals surface area contributed by atoms with E-state index in [0.29, 0.717) is 0 Å². The van der Waals surface area contributed by atoms with Crippen LogP contribution in [0.2, 0.25) is 0 Å². The zero-order chi connectivity index (χ0) is 13.0. The van der Waals surface area contributed by atoms with Crippen LogP contribution in [0.4, 0.5) is 10.1 Å². The van der Waals surface area contributed by atoms with Crippen LogP contribution >= 0.6 is 0 Å². The summed E-state index contributed by atoms with van der Waals surface area (Å²) in [7, 11) is 0. The van der Waals surface area contributed by atoms with Crippen molar-refractivity contribution in [3.05, 3.63) is 65.5 Å². The lowest BCUT2D eigenvalue weighted by Gasteiger charge is -2.18. The van der Waals surface area contributed by atoms with Crippen LogP contribution in [0.25, 0.3) is 0 Å². The number of aryl methyl sites for hydroxylation is 1. The first-order valence-corrected chi connectivity index (χ1v) is 5.88. The molecule has 0 saturated heterocycles. The molecule has 2 nitrogen and oxygen atoms in total. The van der Waals surface area contributed by atoms with Gasteiger partial charge in [0.2, 0.25) is 0 Å². The first-order valence-electron chi connectivity index (χ1n) is 5.88. The minimum Gasteiger partial charge on any atom is -0.394 e. The smallest absolute Gasteiger partial charge is 0.123 e. The van der Waals surface area contributed by atoms with Crippen LogP contribution in [0.1, 0.15) is 17.2 Å². The third-order valence-electron chi connectivity index (χ3n) is 2.81. The third-order valence-corrected chi connectivity index (χ3v) is 2.81. The fraction of sp³-hybridized carbons (Fsp3) is 0.200. The van der Waals surface area contributed by atoms with Crippen molar-refractivity contribution in [2.24, 2.45) is 0 Å². The van der Waals surface area contributed by atoms with Gasteiger partial charge in [-0.15, -0.1) is 0 Å². The van der Waals surface area contributed by atoms with E-state index in [4.69, 9.17) is 0 Å². The molecule has 2 aromatic rings.